The first-order chi connectivity index (χ1) is 19.2. The molecule has 2 aliphatic heterocycles. The number of phenols is 2. The summed E-state index contributed by atoms with van der Waals surface area (Å²) in [6.45, 7) is 0. The number of carbonyl (C=O) groups is 4. The van der Waals surface area contributed by atoms with Crippen LogP contribution in [0.4, 0.5) is 0 Å². The number of thioether (sulfide) groups is 4. The van der Waals surface area contributed by atoms with E-state index < -0.39 is 34.8 Å². The molecule has 0 spiro atoms. The smallest absolute Gasteiger partial charge is 0.327 e. The molecule has 214 valence electrons. The van der Waals surface area contributed by atoms with Gasteiger partial charge in [-0.05, 0) is 12.1 Å². The maximum Gasteiger partial charge on any atom is 0.327 e. The maximum atomic E-state index is 13.1. The Bertz CT molecular complexity index is 1170. The van der Waals surface area contributed by atoms with Crippen molar-refractivity contribution in [3.05, 3.63) is 59.7 Å². The van der Waals surface area contributed by atoms with Gasteiger partial charge in [-0.1, -0.05) is 36.4 Å². The first-order valence-electron chi connectivity index (χ1n) is 12.2. The third kappa shape index (κ3) is 6.78. The fraction of sp³-hybridized carbons (Fsp3) is 0.385. The first-order valence-corrected chi connectivity index (χ1v) is 16.6. The highest BCUT2D eigenvalue weighted by atomic mass is 32.2. The largest absolute Gasteiger partial charge is 0.508 e. The number of benzene rings is 2. The summed E-state index contributed by atoms with van der Waals surface area (Å²) in [7, 11) is 0. The van der Waals surface area contributed by atoms with Crippen LogP contribution in [0.1, 0.15) is 21.9 Å². The lowest BCUT2D eigenvalue weighted by molar-refractivity contribution is -0.148. The summed E-state index contributed by atoms with van der Waals surface area (Å²) in [6, 6.07) is 11.1. The van der Waals surface area contributed by atoms with Crippen molar-refractivity contribution in [1.82, 2.24) is 9.80 Å². The number of carbonyl (C=O) groups excluding carboxylic acids is 2. The van der Waals surface area contributed by atoms with Crippen molar-refractivity contribution >= 4 is 70.8 Å². The molecule has 4 atom stereocenters. The summed E-state index contributed by atoms with van der Waals surface area (Å²) in [6.07, 6.45) is 0. The Hall–Kier alpha value is -2.68. The summed E-state index contributed by atoms with van der Waals surface area (Å²) in [5.74, 6) is -1.32. The second-order valence-corrected chi connectivity index (χ2v) is 13.3. The monoisotopic (exact) mass is 624 g/mol. The number of hydrogen-bond donors (Lipinski definition) is 4. The van der Waals surface area contributed by atoms with E-state index in [1.807, 2.05) is 0 Å². The van der Waals surface area contributed by atoms with Gasteiger partial charge in [-0.3, -0.25) is 9.59 Å². The lowest BCUT2D eigenvalue weighted by Crippen LogP contribution is -2.44. The van der Waals surface area contributed by atoms with E-state index in [2.05, 4.69) is 0 Å². The van der Waals surface area contributed by atoms with Gasteiger partial charge in [0.2, 0.25) is 11.8 Å². The van der Waals surface area contributed by atoms with Crippen molar-refractivity contribution in [2.24, 2.45) is 0 Å². The van der Waals surface area contributed by atoms with E-state index in [0.717, 1.165) is 0 Å². The number of hydrogen-bond acceptors (Lipinski definition) is 10. The third-order valence-electron chi connectivity index (χ3n) is 6.38. The highest BCUT2D eigenvalue weighted by Gasteiger charge is 2.44. The average Bonchev–Trinajstić information content (AvgIpc) is 3.56. The van der Waals surface area contributed by atoms with Crippen LogP contribution < -0.4 is 0 Å². The molecule has 2 aliphatic rings. The Kier molecular flexibility index (Phi) is 10.4. The van der Waals surface area contributed by atoms with Crippen molar-refractivity contribution in [2.75, 3.05) is 34.5 Å². The van der Waals surface area contributed by atoms with E-state index in [-0.39, 0.29) is 46.3 Å². The third-order valence-corrected chi connectivity index (χ3v) is 11.1. The minimum Gasteiger partial charge on any atom is -0.508 e. The minimum absolute atomic E-state index is 0.00353. The Balaban J connectivity index is 1.29. The second-order valence-electron chi connectivity index (χ2n) is 8.90. The fourth-order valence-electron chi connectivity index (χ4n) is 4.46. The molecule has 4 rings (SSSR count). The van der Waals surface area contributed by atoms with Gasteiger partial charge in [0.15, 0.2) is 0 Å². The molecule has 2 heterocycles. The average molecular weight is 625 g/mol. The first kappa shape index (κ1) is 30.3. The summed E-state index contributed by atoms with van der Waals surface area (Å²) >= 11 is 5.23. The molecule has 2 fully saturated rings. The highest BCUT2D eigenvalue weighted by Crippen LogP contribution is 2.45. The number of phenolic OH excluding ortho intramolecular Hbond substituents is 2. The number of aliphatic carboxylic acids is 2. The van der Waals surface area contributed by atoms with Gasteiger partial charge in [-0.2, -0.15) is 23.5 Å². The molecule has 4 N–H and O–H groups in total. The molecule has 10 nitrogen and oxygen atoms in total. The lowest BCUT2D eigenvalue weighted by atomic mass is 10.1. The van der Waals surface area contributed by atoms with Gasteiger partial charge in [-0.25, -0.2) is 9.59 Å². The van der Waals surface area contributed by atoms with Crippen LogP contribution >= 0.6 is 47.0 Å². The van der Waals surface area contributed by atoms with Gasteiger partial charge in [0, 0.05) is 34.1 Å². The Morgan fingerprint density at radius 2 is 1.07 bits per heavy atom. The molecule has 2 aromatic carbocycles. The summed E-state index contributed by atoms with van der Waals surface area (Å²) in [5.41, 5.74) is 0.982. The summed E-state index contributed by atoms with van der Waals surface area (Å²) in [5, 5.41) is 38.6. The molecular weight excluding hydrogens is 597 g/mol. The zero-order valence-corrected chi connectivity index (χ0v) is 24.4. The quantitative estimate of drug-likeness (QED) is 0.271. The van der Waals surface area contributed by atoms with Gasteiger partial charge >= 0.3 is 11.9 Å². The number of aromatic hydroxyl groups is 2. The van der Waals surface area contributed by atoms with E-state index in [4.69, 9.17) is 0 Å². The fourth-order valence-corrected chi connectivity index (χ4v) is 9.28. The molecule has 2 aromatic rings. The SMILES string of the molecule is O=C(O)[C@@H]1CSC(c2ccccc2O)N1C(=O)CSCCSCC(=O)N1C(c2ccccc2O)SC[C@H]1C(=O)O. The molecule has 0 radical (unpaired) electrons. The predicted molar refractivity (Wildman–Crippen MR) is 158 cm³/mol. The number of rotatable bonds is 11. The van der Waals surface area contributed by atoms with E-state index in [1.54, 1.807) is 36.4 Å². The number of amides is 2. The summed E-state index contributed by atoms with van der Waals surface area (Å²) in [4.78, 5) is 52.4. The Labute approximate surface area is 247 Å². The number of carboxylic acid groups (broad SMARTS) is 2. The zero-order valence-electron chi connectivity index (χ0n) is 21.1. The van der Waals surface area contributed by atoms with Crippen LogP contribution in [-0.2, 0) is 19.2 Å². The van der Waals surface area contributed by atoms with Crippen LogP contribution in [0.2, 0.25) is 0 Å². The molecule has 2 saturated heterocycles. The van der Waals surface area contributed by atoms with Crippen molar-refractivity contribution in [3.63, 3.8) is 0 Å². The van der Waals surface area contributed by atoms with Gasteiger partial charge in [0.25, 0.3) is 0 Å². The molecule has 2 amide bonds. The molecule has 14 heteroatoms. The highest BCUT2D eigenvalue weighted by molar-refractivity contribution is 8.03. The van der Waals surface area contributed by atoms with E-state index >= 15 is 0 Å². The molecule has 0 bridgehead atoms. The Morgan fingerprint density at radius 1 is 0.700 bits per heavy atom. The van der Waals surface area contributed by atoms with Crippen molar-refractivity contribution in [3.8, 4) is 11.5 Å². The number of para-hydroxylation sites is 2. The van der Waals surface area contributed by atoms with Crippen molar-refractivity contribution < 1.29 is 39.6 Å². The van der Waals surface area contributed by atoms with E-state index in [0.29, 0.717) is 22.6 Å². The topological polar surface area (TPSA) is 156 Å². The number of nitrogens with zero attached hydrogens (tertiary/aromatic N) is 2. The standard InChI is InChI=1S/C26H28N2O8S4/c29-19-7-3-1-5-15(19)23-27(17(11-39-23)25(33)34)21(31)13-37-9-10-38-14-22(32)28-18(26(35)36)12-40-24(28)16-6-2-4-8-20(16)30/h1-8,17-18,23-24,29-30H,9-14H2,(H,33,34)(H,35,36)/t17-,18-,23?,24?/m0/s1. The van der Waals surface area contributed by atoms with Crippen molar-refractivity contribution in [1.29, 1.82) is 0 Å². The van der Waals surface area contributed by atoms with Crippen LogP contribution in [0.3, 0.4) is 0 Å². The van der Waals surface area contributed by atoms with Crippen LogP contribution in [0.5, 0.6) is 11.5 Å². The number of carboxylic acids is 2. The molecule has 2 unspecified atom stereocenters. The molecule has 0 saturated carbocycles. The van der Waals surface area contributed by atoms with E-state index in [9.17, 15) is 39.6 Å². The van der Waals surface area contributed by atoms with Crippen LogP contribution in [0, 0.1) is 0 Å². The zero-order chi connectivity index (χ0) is 28.8. The predicted octanol–water partition coefficient (Wildman–Crippen LogP) is 3.32. The normalized spacial score (nSPS) is 22.4. The Morgan fingerprint density at radius 3 is 1.43 bits per heavy atom. The van der Waals surface area contributed by atoms with Gasteiger partial charge < -0.3 is 30.2 Å². The van der Waals surface area contributed by atoms with Gasteiger partial charge in [0.05, 0.1) is 11.5 Å². The summed E-state index contributed by atoms with van der Waals surface area (Å²) < 4.78 is 0. The molecule has 40 heavy (non-hydrogen) atoms. The van der Waals surface area contributed by atoms with E-state index in [1.165, 1.54) is 69.0 Å². The van der Waals surface area contributed by atoms with Crippen molar-refractivity contribution in [2.45, 2.75) is 22.8 Å². The molecule has 0 aliphatic carbocycles. The minimum atomic E-state index is -1.10. The molecule has 0 aromatic heterocycles. The van der Waals surface area contributed by atoms with Crippen LogP contribution in [0.15, 0.2) is 48.5 Å². The van der Waals surface area contributed by atoms with Gasteiger partial charge in [0.1, 0.15) is 34.3 Å². The van der Waals surface area contributed by atoms with Crippen LogP contribution in [0.25, 0.3) is 0 Å². The van der Waals surface area contributed by atoms with Crippen LogP contribution in [-0.4, -0.2) is 101 Å². The lowest BCUT2D eigenvalue weighted by Gasteiger charge is -2.28. The van der Waals surface area contributed by atoms with Gasteiger partial charge in [-0.15, -0.1) is 23.5 Å². The molecular formula is C26H28N2O8S4. The second kappa shape index (κ2) is 13.8. The maximum absolute atomic E-state index is 13.1.